The van der Waals surface area contributed by atoms with E-state index in [-0.39, 0.29) is 28.4 Å². The van der Waals surface area contributed by atoms with E-state index in [1.807, 2.05) is 24.3 Å². The van der Waals surface area contributed by atoms with E-state index in [9.17, 15) is 4.11 Å². The van der Waals surface area contributed by atoms with Crippen LogP contribution in [0.1, 0.15) is 112 Å². The molecule has 0 atom stereocenters. The lowest BCUT2D eigenvalue weighted by atomic mass is 9.33. The first-order chi connectivity index (χ1) is 34.7. The van der Waals surface area contributed by atoms with E-state index in [4.69, 9.17) is 4.42 Å². The van der Waals surface area contributed by atoms with Crippen LogP contribution in [0.25, 0.3) is 21.9 Å². The summed E-state index contributed by atoms with van der Waals surface area (Å²) in [5.74, 6) is 0. The van der Waals surface area contributed by atoms with Crippen LogP contribution in [0.2, 0.25) is 0 Å². The zero-order valence-corrected chi connectivity index (χ0v) is 42.0. The van der Waals surface area contributed by atoms with E-state index in [1.54, 1.807) is 0 Å². The Bertz CT molecular complexity index is 3720. The van der Waals surface area contributed by atoms with Gasteiger partial charge in [0, 0.05) is 60.4 Å². The van der Waals surface area contributed by atoms with Crippen LogP contribution in [0.15, 0.2) is 162 Å². The Morgan fingerprint density at radius 2 is 1.04 bits per heavy atom. The summed E-state index contributed by atoms with van der Waals surface area (Å²) >= 11 is 0. The Labute approximate surface area is 418 Å². The van der Waals surface area contributed by atoms with Crippen LogP contribution in [-0.4, -0.2) is 6.71 Å². The van der Waals surface area contributed by atoms with Gasteiger partial charge < -0.3 is 19.1 Å². The molecule has 0 radical (unpaired) electrons. The van der Waals surface area contributed by atoms with Crippen LogP contribution in [0.3, 0.4) is 0 Å². The first kappa shape index (κ1) is 39.8. The van der Waals surface area contributed by atoms with Gasteiger partial charge in [0.05, 0.1) is 5.69 Å². The maximum absolute atomic E-state index is 9.28. The monoisotopic (exact) mass is 915 g/mol. The molecule has 2 aliphatic carbocycles. The molecule has 8 aromatic carbocycles. The number of hydrogen-bond acceptors (Lipinski definition) is 4. The fraction of sp³-hybridized carbons (Fsp3) is 0.262. The van der Waals surface area contributed by atoms with Crippen LogP contribution < -0.4 is 31.1 Å². The van der Waals surface area contributed by atoms with Gasteiger partial charge in [0.2, 0.25) is 0 Å². The van der Waals surface area contributed by atoms with Gasteiger partial charge in [-0.15, -0.1) is 0 Å². The maximum Gasteiger partial charge on any atom is 0.252 e. The summed E-state index contributed by atoms with van der Waals surface area (Å²) in [6.07, 6.45) is 3.21. The first-order valence-electron chi connectivity index (χ1n) is 26.8. The van der Waals surface area contributed by atoms with Crippen molar-refractivity contribution in [3.05, 3.63) is 191 Å². The molecule has 0 saturated heterocycles. The van der Waals surface area contributed by atoms with E-state index >= 15 is 0 Å². The molecule has 0 bridgehead atoms. The highest BCUT2D eigenvalue weighted by atomic mass is 16.3. The van der Waals surface area contributed by atoms with Crippen LogP contribution in [0.5, 0.6) is 0 Å². The van der Waals surface area contributed by atoms with E-state index in [0.717, 1.165) is 103 Å². The van der Waals surface area contributed by atoms with Crippen LogP contribution in [-0.2, 0) is 21.7 Å². The molecule has 4 aliphatic rings. The van der Waals surface area contributed by atoms with Gasteiger partial charge in [-0.3, -0.25) is 0 Å². The van der Waals surface area contributed by atoms with E-state index in [2.05, 4.69) is 210 Å². The van der Waals surface area contributed by atoms with Crippen LogP contribution in [0, 0.1) is 13.8 Å². The highest BCUT2D eigenvalue weighted by molar-refractivity contribution is 7.00. The Morgan fingerprint density at radius 3 is 1.71 bits per heavy atom. The number of nitrogens with zero attached hydrogens (tertiary/aromatic N) is 3. The van der Waals surface area contributed by atoms with Gasteiger partial charge in [-0.25, -0.2) is 0 Å². The summed E-state index contributed by atoms with van der Waals surface area (Å²) in [5, 5.41) is 2.04. The molecule has 9 aromatic rings. The second-order valence-electron chi connectivity index (χ2n) is 23.4. The van der Waals surface area contributed by atoms with Gasteiger partial charge in [-0.05, 0) is 177 Å². The number of anilines is 9. The minimum absolute atomic E-state index is 0.0133. The van der Waals surface area contributed by atoms with Crippen molar-refractivity contribution >= 4 is 96.2 Å². The minimum Gasteiger partial charge on any atom is -0.454 e. The standard InChI is InChI=1S/C65H62BN3O/c1-40-32-57-60-58(33-40)69(54-37-50-47(34-41(54)2)64(7,8)39-65(50,9)10)56-38-49-48(62(3,4)30-31-63(49,5)6)36-52(56)66(60)51-29-28-44(67(42-20-13-11-14-21-42)43-22-15-12-16-23-43)35-55(51)68(57)53-26-19-25-46-45-24-17-18-27-59(45)70-61(46)53/h11-29,32-38H,30-31,39H2,1-10H3/i1D3. The predicted molar refractivity (Wildman–Crippen MR) is 298 cm³/mol. The minimum atomic E-state index is -2.43. The number of hydrogen-bond donors (Lipinski definition) is 0. The van der Waals surface area contributed by atoms with Crippen LogP contribution >= 0.6 is 0 Å². The Morgan fingerprint density at radius 1 is 0.486 bits per heavy atom. The fourth-order valence-corrected chi connectivity index (χ4v) is 13.6. The van der Waals surface area contributed by atoms with Gasteiger partial charge in [-0.2, -0.15) is 0 Å². The van der Waals surface area contributed by atoms with Crippen LogP contribution in [0.4, 0.5) is 51.2 Å². The third-order valence-corrected chi connectivity index (χ3v) is 16.9. The van der Waals surface area contributed by atoms with Gasteiger partial charge in [0.1, 0.15) is 5.58 Å². The highest BCUT2D eigenvalue weighted by Gasteiger charge is 2.48. The maximum atomic E-state index is 9.28. The second-order valence-corrected chi connectivity index (χ2v) is 23.4. The molecular formula is C65H62BN3O. The molecule has 0 fully saturated rings. The molecular weight excluding hydrogens is 850 g/mol. The Hall–Kier alpha value is -6.98. The van der Waals surface area contributed by atoms with Gasteiger partial charge >= 0.3 is 0 Å². The topological polar surface area (TPSA) is 22.9 Å². The van der Waals surface area contributed by atoms with Crippen molar-refractivity contribution in [3.63, 3.8) is 0 Å². The molecule has 0 unspecified atom stereocenters. The van der Waals surface area contributed by atoms with Crippen molar-refractivity contribution in [3.8, 4) is 0 Å². The summed E-state index contributed by atoms with van der Waals surface area (Å²) in [5.41, 5.74) is 20.7. The number of fused-ring (bicyclic) bond motifs is 9. The highest BCUT2D eigenvalue weighted by Crippen LogP contribution is 2.55. The number of benzene rings is 8. The van der Waals surface area contributed by atoms with Gasteiger partial charge in [0.15, 0.2) is 5.58 Å². The molecule has 1 aromatic heterocycles. The lowest BCUT2D eigenvalue weighted by Gasteiger charge is -2.48. The van der Waals surface area contributed by atoms with Crippen molar-refractivity contribution in [1.29, 1.82) is 0 Å². The number of furan rings is 1. The zero-order chi connectivity index (χ0) is 50.7. The van der Waals surface area contributed by atoms with E-state index in [1.165, 1.54) is 33.3 Å². The van der Waals surface area contributed by atoms with Gasteiger partial charge in [0.25, 0.3) is 6.71 Å². The van der Waals surface area contributed by atoms with Crippen molar-refractivity contribution in [2.24, 2.45) is 0 Å². The SMILES string of the molecule is [2H]C([2H])([2H])c1cc2c3c(c1)N(c1cccc4c1oc1ccccc14)c1cc(N(c4ccccc4)c4ccccc4)ccc1B3c1cc3c(cc1N2c1cc2c(cc1C)C(C)(C)CC2(C)C)C(C)(C)CCC3(C)C. The first-order valence-corrected chi connectivity index (χ1v) is 25.3. The quantitative estimate of drug-likeness (QED) is 0.161. The smallest absolute Gasteiger partial charge is 0.252 e. The predicted octanol–water partition coefficient (Wildman–Crippen LogP) is 16.1. The molecule has 3 heterocycles. The Balaban J connectivity index is 1.18. The molecule has 2 aliphatic heterocycles. The largest absolute Gasteiger partial charge is 0.454 e. The average Bonchev–Trinajstić information content (AvgIpc) is 3.83. The molecule has 13 rings (SSSR count). The number of rotatable bonds is 5. The summed E-state index contributed by atoms with van der Waals surface area (Å²) in [7, 11) is 0. The molecule has 0 amide bonds. The van der Waals surface area contributed by atoms with Crippen molar-refractivity contribution < 1.29 is 8.53 Å². The molecule has 70 heavy (non-hydrogen) atoms. The Kier molecular flexibility index (Phi) is 8.41. The van der Waals surface area contributed by atoms with E-state index < -0.39 is 6.85 Å². The molecule has 0 spiro atoms. The van der Waals surface area contributed by atoms with Crippen molar-refractivity contribution in [2.75, 3.05) is 14.7 Å². The third kappa shape index (κ3) is 6.22. The van der Waals surface area contributed by atoms with Gasteiger partial charge in [-0.1, -0.05) is 140 Å². The number of aryl methyl sites for hydroxylation is 2. The van der Waals surface area contributed by atoms with Crippen molar-refractivity contribution in [2.45, 2.75) is 110 Å². The molecule has 0 saturated carbocycles. The molecule has 4 nitrogen and oxygen atoms in total. The average molecular weight is 915 g/mol. The summed E-state index contributed by atoms with van der Waals surface area (Å²) < 4.78 is 34.8. The fourth-order valence-electron chi connectivity index (χ4n) is 13.6. The summed E-state index contributed by atoms with van der Waals surface area (Å²) in [6.45, 7) is 18.8. The molecule has 0 N–H and O–H groups in total. The summed E-state index contributed by atoms with van der Waals surface area (Å²) in [4.78, 5) is 7.12. The zero-order valence-electron chi connectivity index (χ0n) is 45.0. The van der Waals surface area contributed by atoms with E-state index in [0.29, 0.717) is 5.56 Å². The second kappa shape index (κ2) is 14.8. The van der Waals surface area contributed by atoms with Crippen molar-refractivity contribution in [1.82, 2.24) is 0 Å². The number of para-hydroxylation sites is 4. The lowest BCUT2D eigenvalue weighted by Crippen LogP contribution is -2.62. The normalized spacial score (nSPS) is 18.3. The molecule has 5 heteroatoms. The lowest BCUT2D eigenvalue weighted by molar-refractivity contribution is 0.332. The summed E-state index contributed by atoms with van der Waals surface area (Å²) in [6, 6.07) is 56.7. The molecule has 346 valence electrons. The third-order valence-electron chi connectivity index (χ3n) is 16.9.